The van der Waals surface area contributed by atoms with Crippen LogP contribution in [0.5, 0.6) is 11.5 Å². The van der Waals surface area contributed by atoms with Crippen molar-refractivity contribution in [2.24, 2.45) is 0 Å². The molecule has 0 atom stereocenters. The molecule has 3 aromatic rings. The quantitative estimate of drug-likeness (QED) is 0.558. The zero-order valence-corrected chi connectivity index (χ0v) is 19.3. The zero-order valence-electron chi connectivity index (χ0n) is 18.5. The lowest BCUT2D eigenvalue weighted by molar-refractivity contribution is 0.0634. The number of rotatable bonds is 6. The zero-order chi connectivity index (χ0) is 23.5. The molecule has 0 unspecified atom stereocenters. The Labute approximate surface area is 201 Å². The molecule has 0 bridgehead atoms. The van der Waals surface area contributed by atoms with E-state index in [0.717, 1.165) is 36.7 Å². The number of nitrogens with one attached hydrogen (secondary N) is 1. The number of nitrogens with two attached hydrogens (primary N) is 1. The van der Waals surface area contributed by atoms with Crippen LogP contribution in [-0.2, 0) is 13.1 Å². The number of amides is 2. The average Bonchev–Trinajstić information content (AvgIpc) is 3.49. The molecule has 1 saturated heterocycles. The molecule has 5 rings (SSSR count). The van der Waals surface area contributed by atoms with Crippen LogP contribution in [0.2, 0.25) is 0 Å². The molecular formula is C24H25N5O4S. The molecule has 1 fully saturated rings. The number of carbonyl (C=O) groups excluding carboxylic acids is 2. The second kappa shape index (κ2) is 9.70. The van der Waals surface area contributed by atoms with Crippen LogP contribution in [0.3, 0.4) is 0 Å². The Kier molecular flexibility index (Phi) is 6.33. The van der Waals surface area contributed by atoms with Gasteiger partial charge in [0.05, 0.1) is 5.69 Å². The summed E-state index contributed by atoms with van der Waals surface area (Å²) in [4.78, 5) is 30.1. The molecule has 2 aromatic carbocycles. The summed E-state index contributed by atoms with van der Waals surface area (Å²) in [5.74, 6) is 0.738. The van der Waals surface area contributed by atoms with Gasteiger partial charge in [0.1, 0.15) is 4.88 Å². The van der Waals surface area contributed by atoms with Gasteiger partial charge >= 0.3 is 0 Å². The summed E-state index contributed by atoms with van der Waals surface area (Å²) in [6, 6.07) is 15.8. The Morgan fingerprint density at radius 2 is 1.76 bits per heavy atom. The van der Waals surface area contributed by atoms with E-state index < -0.39 is 5.91 Å². The summed E-state index contributed by atoms with van der Waals surface area (Å²) >= 11 is 0.970. The van der Waals surface area contributed by atoms with Crippen molar-refractivity contribution in [2.75, 3.05) is 38.7 Å². The van der Waals surface area contributed by atoms with E-state index in [1.165, 1.54) is 5.56 Å². The van der Waals surface area contributed by atoms with E-state index in [2.05, 4.69) is 26.7 Å². The van der Waals surface area contributed by atoms with E-state index in [0.29, 0.717) is 29.5 Å². The summed E-state index contributed by atoms with van der Waals surface area (Å²) in [5, 5.41) is 2.81. The minimum absolute atomic E-state index is 0.0804. The lowest BCUT2D eigenvalue weighted by atomic mass is 10.2. The lowest BCUT2D eigenvalue weighted by Gasteiger charge is -2.34. The molecule has 3 N–H and O–H groups in total. The Bertz CT molecular complexity index is 1190. The van der Waals surface area contributed by atoms with Crippen molar-refractivity contribution < 1.29 is 19.1 Å². The van der Waals surface area contributed by atoms with E-state index in [1.807, 2.05) is 30.3 Å². The van der Waals surface area contributed by atoms with Crippen molar-refractivity contribution in [1.29, 1.82) is 0 Å². The highest BCUT2D eigenvalue weighted by molar-refractivity contribution is 7.09. The SMILES string of the molecule is Nc1c(C(=O)NCc2ccc3c(c2)OCO3)nsc1C(=O)N1CCN(Cc2ccccc2)CC1. The van der Waals surface area contributed by atoms with Crippen LogP contribution in [0.1, 0.15) is 31.3 Å². The predicted molar refractivity (Wildman–Crippen MR) is 128 cm³/mol. The Hall–Kier alpha value is -3.63. The first kappa shape index (κ1) is 22.2. The number of fused-ring (bicyclic) bond motifs is 1. The fraction of sp³-hybridized carbons (Fsp3) is 0.292. The van der Waals surface area contributed by atoms with Crippen LogP contribution < -0.4 is 20.5 Å². The third kappa shape index (κ3) is 4.68. The van der Waals surface area contributed by atoms with Crippen LogP contribution in [-0.4, -0.2) is 59.0 Å². The van der Waals surface area contributed by atoms with Gasteiger partial charge in [-0.25, -0.2) is 0 Å². The number of aromatic nitrogens is 1. The smallest absolute Gasteiger partial charge is 0.273 e. The monoisotopic (exact) mass is 479 g/mol. The Balaban J connectivity index is 1.16. The molecule has 176 valence electrons. The van der Waals surface area contributed by atoms with Gasteiger partial charge < -0.3 is 25.4 Å². The van der Waals surface area contributed by atoms with Gasteiger partial charge in [0.2, 0.25) is 6.79 Å². The maximum atomic E-state index is 13.0. The number of anilines is 1. The van der Waals surface area contributed by atoms with Crippen molar-refractivity contribution in [2.45, 2.75) is 13.1 Å². The minimum atomic E-state index is -0.418. The highest BCUT2D eigenvalue weighted by atomic mass is 32.1. The first-order chi connectivity index (χ1) is 16.6. The molecule has 2 aliphatic heterocycles. The average molecular weight is 480 g/mol. The summed E-state index contributed by atoms with van der Waals surface area (Å²) in [7, 11) is 0. The van der Waals surface area contributed by atoms with Crippen LogP contribution in [0.25, 0.3) is 0 Å². The molecular weight excluding hydrogens is 454 g/mol. The molecule has 34 heavy (non-hydrogen) atoms. The highest BCUT2D eigenvalue weighted by Gasteiger charge is 2.28. The largest absolute Gasteiger partial charge is 0.454 e. The van der Waals surface area contributed by atoms with E-state index >= 15 is 0 Å². The van der Waals surface area contributed by atoms with Crippen molar-refractivity contribution >= 4 is 29.0 Å². The van der Waals surface area contributed by atoms with Gasteiger partial charge in [0.25, 0.3) is 11.8 Å². The first-order valence-corrected chi connectivity index (χ1v) is 11.8. The van der Waals surface area contributed by atoms with Gasteiger partial charge in [-0.1, -0.05) is 36.4 Å². The van der Waals surface area contributed by atoms with Crippen molar-refractivity contribution in [1.82, 2.24) is 19.5 Å². The van der Waals surface area contributed by atoms with Gasteiger partial charge in [-0.05, 0) is 34.8 Å². The Morgan fingerprint density at radius 1 is 1.00 bits per heavy atom. The van der Waals surface area contributed by atoms with E-state index in [-0.39, 0.29) is 30.6 Å². The van der Waals surface area contributed by atoms with Gasteiger partial charge in [0.15, 0.2) is 17.2 Å². The van der Waals surface area contributed by atoms with Crippen LogP contribution in [0.4, 0.5) is 5.69 Å². The molecule has 10 heteroatoms. The summed E-state index contributed by atoms with van der Waals surface area (Å²) in [6.07, 6.45) is 0. The fourth-order valence-corrected chi connectivity index (χ4v) is 4.79. The fourth-order valence-electron chi connectivity index (χ4n) is 4.03. The molecule has 0 aliphatic carbocycles. The molecule has 0 spiro atoms. The van der Waals surface area contributed by atoms with E-state index in [9.17, 15) is 9.59 Å². The number of ether oxygens (including phenoxy) is 2. The van der Waals surface area contributed by atoms with Crippen molar-refractivity contribution in [3.63, 3.8) is 0 Å². The normalized spacial score (nSPS) is 15.4. The second-order valence-corrected chi connectivity index (χ2v) is 8.97. The molecule has 2 amide bonds. The number of hydrogen-bond donors (Lipinski definition) is 2. The van der Waals surface area contributed by atoms with Crippen LogP contribution in [0, 0.1) is 0 Å². The molecule has 1 aromatic heterocycles. The molecule has 3 heterocycles. The predicted octanol–water partition coefficient (Wildman–Crippen LogP) is 2.34. The molecule has 0 saturated carbocycles. The van der Waals surface area contributed by atoms with E-state index in [4.69, 9.17) is 15.2 Å². The maximum Gasteiger partial charge on any atom is 0.273 e. The number of nitrogens with zero attached hydrogens (tertiary/aromatic N) is 3. The van der Waals surface area contributed by atoms with Crippen LogP contribution >= 0.6 is 11.5 Å². The maximum absolute atomic E-state index is 13.0. The van der Waals surface area contributed by atoms with Crippen LogP contribution in [0.15, 0.2) is 48.5 Å². The van der Waals surface area contributed by atoms with Gasteiger partial charge in [-0.2, -0.15) is 4.37 Å². The number of piperazine rings is 1. The number of carbonyl (C=O) groups is 2. The van der Waals surface area contributed by atoms with Crippen molar-refractivity contribution in [3.8, 4) is 11.5 Å². The molecule has 0 radical (unpaired) electrons. The summed E-state index contributed by atoms with van der Waals surface area (Å²) < 4.78 is 14.8. The van der Waals surface area contributed by atoms with E-state index in [1.54, 1.807) is 11.0 Å². The summed E-state index contributed by atoms with van der Waals surface area (Å²) in [5.41, 5.74) is 8.50. The first-order valence-electron chi connectivity index (χ1n) is 11.1. The van der Waals surface area contributed by atoms with Crippen molar-refractivity contribution in [3.05, 3.63) is 70.2 Å². The number of nitrogen functional groups attached to an aromatic ring is 1. The second-order valence-electron chi connectivity index (χ2n) is 8.20. The summed E-state index contributed by atoms with van der Waals surface area (Å²) in [6.45, 7) is 4.10. The standard InChI is InChI=1S/C24H25N5O4S/c25-20-21(23(30)26-13-17-6-7-18-19(12-17)33-15-32-18)27-34-22(20)24(31)29-10-8-28(9-11-29)14-16-4-2-1-3-5-16/h1-7,12H,8-11,13-15,25H2,(H,26,30). The van der Waals surface area contributed by atoms with Gasteiger partial charge in [-0.15, -0.1) is 0 Å². The number of benzene rings is 2. The minimum Gasteiger partial charge on any atom is -0.454 e. The van der Waals surface area contributed by atoms with Gasteiger partial charge in [-0.3, -0.25) is 14.5 Å². The third-order valence-electron chi connectivity index (χ3n) is 5.94. The topological polar surface area (TPSA) is 110 Å². The third-order valence-corrected chi connectivity index (χ3v) is 6.79. The molecule has 2 aliphatic rings. The number of hydrogen-bond acceptors (Lipinski definition) is 8. The highest BCUT2D eigenvalue weighted by Crippen LogP contribution is 2.32. The van der Waals surface area contributed by atoms with Gasteiger partial charge in [0, 0.05) is 39.3 Å². The lowest BCUT2D eigenvalue weighted by Crippen LogP contribution is -2.48. The Morgan fingerprint density at radius 3 is 2.56 bits per heavy atom. The molecule has 9 nitrogen and oxygen atoms in total.